The Morgan fingerprint density at radius 1 is 1.36 bits per heavy atom. The quantitative estimate of drug-likeness (QED) is 0.299. The average molecular weight is 171 g/mol. The highest BCUT2D eigenvalue weighted by Gasteiger charge is 1.90. The van der Waals surface area contributed by atoms with Crippen LogP contribution in [0.2, 0.25) is 0 Å². The second-order valence-electron chi connectivity index (χ2n) is 1.75. The minimum Gasteiger partial charge on any atom is -0.398 e. The Labute approximate surface area is 70.1 Å². The Bertz CT molecular complexity index is 280. The molecule has 1 aromatic carbocycles. The second-order valence-corrected chi connectivity index (χ2v) is 1.75. The van der Waals surface area contributed by atoms with Crippen LogP contribution in [0, 0.1) is 0 Å². The van der Waals surface area contributed by atoms with E-state index in [1.54, 1.807) is 24.3 Å². The van der Waals surface area contributed by atoms with E-state index in [1.165, 1.54) is 0 Å². The van der Waals surface area contributed by atoms with Gasteiger partial charge in [-0.1, -0.05) is 23.3 Å². The van der Waals surface area contributed by atoms with Gasteiger partial charge < -0.3 is 5.73 Å². The molecule has 0 aliphatic rings. The summed E-state index contributed by atoms with van der Waals surface area (Å²) >= 11 is 0. The van der Waals surface area contributed by atoms with Gasteiger partial charge in [-0.3, -0.25) is 0 Å². The number of hydrogen-bond donors (Lipinski definition) is 1. The lowest BCUT2D eigenvalue weighted by Crippen LogP contribution is -1.82. The zero-order valence-electron chi connectivity index (χ0n) is 5.64. The lowest BCUT2D eigenvalue weighted by atomic mass is 10.3. The minimum atomic E-state index is 0. The minimum absolute atomic E-state index is 0. The summed E-state index contributed by atoms with van der Waals surface area (Å²) in [5, 5.41) is 3.36. The fourth-order valence-corrected chi connectivity index (χ4v) is 0.627. The van der Waals surface area contributed by atoms with Crippen LogP contribution in [0.3, 0.4) is 0 Å². The van der Waals surface area contributed by atoms with E-state index in [2.05, 4.69) is 10.0 Å². The predicted molar refractivity (Wildman–Crippen MR) is 46.9 cm³/mol. The lowest BCUT2D eigenvalue weighted by Gasteiger charge is -1.93. The van der Waals surface area contributed by atoms with Crippen molar-refractivity contribution in [2.45, 2.75) is 0 Å². The Balaban J connectivity index is 0.000001000. The van der Waals surface area contributed by atoms with Crippen LogP contribution in [0.1, 0.15) is 0 Å². The molecule has 0 bridgehead atoms. The van der Waals surface area contributed by atoms with Crippen molar-refractivity contribution in [2.75, 3.05) is 5.73 Å². The first-order chi connectivity index (χ1) is 4.84. The van der Waals surface area contributed by atoms with Gasteiger partial charge in [-0.15, -0.1) is 12.4 Å². The highest BCUT2D eigenvalue weighted by atomic mass is 35.5. The van der Waals surface area contributed by atoms with Crippen LogP contribution in [-0.2, 0) is 0 Å². The monoisotopic (exact) mass is 170 g/mol. The van der Waals surface area contributed by atoms with Crippen LogP contribution in [-0.4, -0.2) is 0 Å². The first-order valence-corrected chi connectivity index (χ1v) is 2.74. The molecule has 1 aromatic rings. The largest absolute Gasteiger partial charge is 0.398 e. The van der Waals surface area contributed by atoms with E-state index < -0.39 is 0 Å². The topological polar surface area (TPSA) is 74.8 Å². The summed E-state index contributed by atoms with van der Waals surface area (Å²) < 4.78 is 0. The van der Waals surface area contributed by atoms with Gasteiger partial charge in [-0.05, 0) is 11.6 Å². The van der Waals surface area contributed by atoms with Crippen molar-refractivity contribution in [1.82, 2.24) is 0 Å². The van der Waals surface area contributed by atoms with Crippen LogP contribution in [0.4, 0.5) is 11.4 Å². The molecule has 1 rings (SSSR count). The predicted octanol–water partition coefficient (Wildman–Crippen LogP) is 2.63. The molecular formula is C6H7ClN4. The molecule has 0 heterocycles. The molecule has 0 atom stereocenters. The standard InChI is InChI=1S/C6H6N4.ClH/c7-5-3-1-2-4-6(5)9-10-8;/h1-4H,7H2;1H. The van der Waals surface area contributed by atoms with Gasteiger partial charge in [-0.2, -0.15) is 0 Å². The summed E-state index contributed by atoms with van der Waals surface area (Å²) in [6.45, 7) is 0. The van der Waals surface area contributed by atoms with E-state index in [1.807, 2.05) is 0 Å². The SMILES string of the molecule is Cl.[N-]=[N+]=Nc1ccccc1N. The van der Waals surface area contributed by atoms with Crippen molar-refractivity contribution in [3.8, 4) is 0 Å². The van der Waals surface area contributed by atoms with Crippen LogP contribution in [0.25, 0.3) is 10.4 Å². The molecule has 11 heavy (non-hydrogen) atoms. The Hall–Kier alpha value is -1.38. The maximum atomic E-state index is 8.05. The number of azide groups is 1. The van der Waals surface area contributed by atoms with Gasteiger partial charge in [0, 0.05) is 10.6 Å². The molecule has 0 radical (unpaired) electrons. The summed E-state index contributed by atoms with van der Waals surface area (Å²) in [4.78, 5) is 2.61. The van der Waals surface area contributed by atoms with Gasteiger partial charge in [0.25, 0.3) is 0 Å². The van der Waals surface area contributed by atoms with Gasteiger partial charge >= 0.3 is 0 Å². The number of halogens is 1. The van der Waals surface area contributed by atoms with E-state index in [0.29, 0.717) is 11.4 Å². The van der Waals surface area contributed by atoms with Crippen LogP contribution in [0.5, 0.6) is 0 Å². The molecule has 0 fully saturated rings. The molecule has 0 saturated carbocycles. The normalized spacial score (nSPS) is 7.64. The first-order valence-electron chi connectivity index (χ1n) is 2.74. The van der Waals surface area contributed by atoms with Crippen molar-refractivity contribution in [1.29, 1.82) is 0 Å². The van der Waals surface area contributed by atoms with Crippen molar-refractivity contribution >= 4 is 23.8 Å². The third-order valence-electron chi connectivity index (χ3n) is 1.09. The fourth-order valence-electron chi connectivity index (χ4n) is 0.627. The number of nitrogen functional groups attached to an aromatic ring is 1. The molecule has 0 aliphatic carbocycles. The number of anilines is 1. The number of benzene rings is 1. The molecule has 58 valence electrons. The summed E-state index contributed by atoms with van der Waals surface area (Å²) in [7, 11) is 0. The van der Waals surface area contributed by atoms with E-state index in [-0.39, 0.29) is 12.4 Å². The first kappa shape index (κ1) is 9.62. The number of rotatable bonds is 1. The maximum absolute atomic E-state index is 8.05. The zero-order chi connectivity index (χ0) is 7.40. The Kier molecular flexibility index (Phi) is 3.88. The van der Waals surface area contributed by atoms with Gasteiger partial charge in [-0.25, -0.2) is 0 Å². The average Bonchev–Trinajstić information content (AvgIpc) is 1.94. The van der Waals surface area contributed by atoms with Crippen molar-refractivity contribution in [3.63, 3.8) is 0 Å². The van der Waals surface area contributed by atoms with Crippen molar-refractivity contribution < 1.29 is 0 Å². The Morgan fingerprint density at radius 2 is 2.00 bits per heavy atom. The van der Waals surface area contributed by atoms with Crippen molar-refractivity contribution in [3.05, 3.63) is 34.7 Å². The summed E-state index contributed by atoms with van der Waals surface area (Å²) in [5.74, 6) is 0. The van der Waals surface area contributed by atoms with Crippen LogP contribution >= 0.6 is 12.4 Å². The number of nitrogens with two attached hydrogens (primary N) is 1. The third-order valence-corrected chi connectivity index (χ3v) is 1.09. The maximum Gasteiger partial charge on any atom is 0.0604 e. The summed E-state index contributed by atoms with van der Waals surface area (Å²) in [5.41, 5.74) is 14.5. The third kappa shape index (κ3) is 2.37. The molecule has 0 unspecified atom stereocenters. The fraction of sp³-hybridized carbons (Fsp3) is 0. The molecule has 0 saturated heterocycles. The molecule has 5 heteroatoms. The number of nitrogens with zero attached hydrogens (tertiary/aromatic N) is 3. The summed E-state index contributed by atoms with van der Waals surface area (Å²) in [6, 6.07) is 6.89. The molecule has 0 amide bonds. The molecule has 0 aromatic heterocycles. The second kappa shape index (κ2) is 4.44. The zero-order valence-corrected chi connectivity index (χ0v) is 6.45. The van der Waals surface area contributed by atoms with E-state index >= 15 is 0 Å². The molecule has 2 N–H and O–H groups in total. The highest BCUT2D eigenvalue weighted by Crippen LogP contribution is 2.19. The number of para-hydroxylation sites is 1. The van der Waals surface area contributed by atoms with Gasteiger partial charge in [0.2, 0.25) is 0 Å². The van der Waals surface area contributed by atoms with Gasteiger partial charge in [0.1, 0.15) is 0 Å². The molecule has 0 spiro atoms. The smallest absolute Gasteiger partial charge is 0.0604 e. The molecule has 4 nitrogen and oxygen atoms in total. The van der Waals surface area contributed by atoms with Gasteiger partial charge in [0.05, 0.1) is 5.69 Å². The van der Waals surface area contributed by atoms with Crippen LogP contribution in [0.15, 0.2) is 29.4 Å². The Morgan fingerprint density at radius 3 is 2.55 bits per heavy atom. The van der Waals surface area contributed by atoms with Gasteiger partial charge in [0.15, 0.2) is 0 Å². The molecule has 0 aliphatic heterocycles. The van der Waals surface area contributed by atoms with E-state index in [9.17, 15) is 0 Å². The number of hydrogen-bond acceptors (Lipinski definition) is 2. The lowest BCUT2D eigenvalue weighted by molar-refractivity contribution is 1.48. The highest BCUT2D eigenvalue weighted by molar-refractivity contribution is 5.85. The van der Waals surface area contributed by atoms with E-state index in [0.717, 1.165) is 0 Å². The molecular weight excluding hydrogens is 164 g/mol. The van der Waals surface area contributed by atoms with Crippen LogP contribution < -0.4 is 5.73 Å². The van der Waals surface area contributed by atoms with Crippen molar-refractivity contribution in [2.24, 2.45) is 5.11 Å². The summed E-state index contributed by atoms with van der Waals surface area (Å²) in [6.07, 6.45) is 0. The van der Waals surface area contributed by atoms with E-state index in [4.69, 9.17) is 11.3 Å².